The molecule has 0 unspecified atom stereocenters. The summed E-state index contributed by atoms with van der Waals surface area (Å²) >= 11 is 0. The molecule has 0 fully saturated rings. The minimum absolute atomic E-state index is 0.451. The van der Waals surface area contributed by atoms with E-state index in [4.69, 9.17) is 12.2 Å². The highest BCUT2D eigenvalue weighted by atomic mass is 15.1. The van der Waals surface area contributed by atoms with E-state index < -0.39 is 0 Å². The SMILES string of the molecule is C#CCn1cnc(-c2ccc3c(c2)CCCN3C)c1N. The number of aromatic nitrogens is 2. The summed E-state index contributed by atoms with van der Waals surface area (Å²) in [5, 5.41) is 0. The number of rotatable bonds is 2. The molecule has 2 heterocycles. The van der Waals surface area contributed by atoms with Gasteiger partial charge in [-0.1, -0.05) is 12.0 Å². The van der Waals surface area contributed by atoms with Crippen molar-refractivity contribution in [3.63, 3.8) is 0 Å². The van der Waals surface area contributed by atoms with Crippen molar-refractivity contribution in [2.45, 2.75) is 19.4 Å². The van der Waals surface area contributed by atoms with Gasteiger partial charge in [0, 0.05) is 24.8 Å². The molecule has 4 heteroatoms. The number of nitrogens with two attached hydrogens (primary N) is 1. The van der Waals surface area contributed by atoms with E-state index in [1.165, 1.54) is 17.7 Å². The van der Waals surface area contributed by atoms with E-state index in [0.717, 1.165) is 24.2 Å². The maximum absolute atomic E-state index is 6.12. The molecule has 0 saturated carbocycles. The molecule has 0 aliphatic carbocycles. The molecule has 1 aromatic heterocycles. The van der Waals surface area contributed by atoms with Crippen LogP contribution in [0.25, 0.3) is 11.3 Å². The van der Waals surface area contributed by atoms with Gasteiger partial charge in [-0.25, -0.2) is 4.98 Å². The lowest BCUT2D eigenvalue weighted by Gasteiger charge is -2.27. The molecule has 4 nitrogen and oxygen atoms in total. The standard InChI is InChI=1S/C16H18N4/c1-3-8-20-11-18-15(16(20)17)13-6-7-14-12(10-13)5-4-9-19(14)2/h1,6-7,10-11H,4-5,8-9,17H2,2H3. The van der Waals surface area contributed by atoms with Gasteiger partial charge in [0.15, 0.2) is 0 Å². The van der Waals surface area contributed by atoms with Crippen molar-refractivity contribution in [1.29, 1.82) is 0 Å². The van der Waals surface area contributed by atoms with E-state index in [0.29, 0.717) is 12.4 Å². The molecule has 0 amide bonds. The summed E-state index contributed by atoms with van der Waals surface area (Å²) in [6.45, 7) is 1.57. The molecule has 0 saturated heterocycles. The fourth-order valence-electron chi connectivity index (χ4n) is 2.77. The zero-order chi connectivity index (χ0) is 14.1. The Morgan fingerprint density at radius 2 is 2.30 bits per heavy atom. The summed E-state index contributed by atoms with van der Waals surface area (Å²) in [4.78, 5) is 6.70. The van der Waals surface area contributed by atoms with Crippen LogP contribution >= 0.6 is 0 Å². The third-order valence-electron chi connectivity index (χ3n) is 3.84. The Morgan fingerprint density at radius 3 is 3.10 bits per heavy atom. The third-order valence-corrected chi connectivity index (χ3v) is 3.84. The van der Waals surface area contributed by atoms with E-state index in [1.54, 1.807) is 10.9 Å². The highest BCUT2D eigenvalue weighted by Crippen LogP contribution is 2.32. The summed E-state index contributed by atoms with van der Waals surface area (Å²) in [5.41, 5.74) is 10.7. The molecule has 20 heavy (non-hydrogen) atoms. The monoisotopic (exact) mass is 266 g/mol. The van der Waals surface area contributed by atoms with Crippen LogP contribution in [0.4, 0.5) is 11.5 Å². The highest BCUT2D eigenvalue weighted by Gasteiger charge is 2.16. The molecule has 2 N–H and O–H groups in total. The number of benzene rings is 1. The van der Waals surface area contributed by atoms with Crippen LogP contribution < -0.4 is 10.6 Å². The first-order valence-electron chi connectivity index (χ1n) is 6.79. The van der Waals surface area contributed by atoms with E-state index in [9.17, 15) is 0 Å². The lowest BCUT2D eigenvalue weighted by atomic mass is 9.98. The minimum Gasteiger partial charge on any atom is -0.383 e. The maximum atomic E-state index is 6.12. The Labute approximate surface area is 119 Å². The summed E-state index contributed by atoms with van der Waals surface area (Å²) < 4.78 is 1.79. The van der Waals surface area contributed by atoms with Crippen molar-refractivity contribution in [3.05, 3.63) is 30.1 Å². The van der Waals surface area contributed by atoms with Gasteiger partial charge in [-0.05, 0) is 30.5 Å². The summed E-state index contributed by atoms with van der Waals surface area (Å²) in [7, 11) is 2.13. The predicted octanol–water partition coefficient (Wildman–Crippen LogP) is 2.15. The van der Waals surface area contributed by atoms with Crippen molar-refractivity contribution in [3.8, 4) is 23.6 Å². The van der Waals surface area contributed by atoms with Gasteiger partial charge in [0.1, 0.15) is 11.5 Å². The second-order valence-corrected chi connectivity index (χ2v) is 5.18. The Morgan fingerprint density at radius 1 is 1.45 bits per heavy atom. The van der Waals surface area contributed by atoms with Crippen molar-refractivity contribution >= 4 is 11.5 Å². The number of hydrogen-bond acceptors (Lipinski definition) is 3. The smallest absolute Gasteiger partial charge is 0.132 e. The molecule has 0 atom stereocenters. The molecule has 3 rings (SSSR count). The molecular weight excluding hydrogens is 248 g/mol. The predicted molar refractivity (Wildman–Crippen MR) is 82.5 cm³/mol. The van der Waals surface area contributed by atoms with E-state index >= 15 is 0 Å². The number of nitrogen functional groups attached to an aromatic ring is 1. The maximum Gasteiger partial charge on any atom is 0.132 e. The Balaban J connectivity index is 2.01. The molecule has 1 aliphatic rings. The average molecular weight is 266 g/mol. The topological polar surface area (TPSA) is 47.1 Å². The van der Waals surface area contributed by atoms with Gasteiger partial charge in [-0.2, -0.15) is 0 Å². The van der Waals surface area contributed by atoms with Gasteiger partial charge < -0.3 is 15.2 Å². The van der Waals surface area contributed by atoms with Crippen LogP contribution in [-0.4, -0.2) is 23.1 Å². The Hall–Kier alpha value is -2.41. The zero-order valence-electron chi connectivity index (χ0n) is 11.6. The first kappa shape index (κ1) is 12.6. The van der Waals surface area contributed by atoms with Gasteiger partial charge >= 0.3 is 0 Å². The van der Waals surface area contributed by atoms with Gasteiger partial charge in [0.05, 0.1) is 12.9 Å². The third kappa shape index (κ3) is 2.01. The Kier molecular flexibility index (Phi) is 3.11. The van der Waals surface area contributed by atoms with Crippen molar-refractivity contribution in [1.82, 2.24) is 9.55 Å². The molecule has 2 aromatic rings. The fraction of sp³-hybridized carbons (Fsp3) is 0.312. The lowest BCUT2D eigenvalue weighted by Crippen LogP contribution is -2.24. The first-order valence-corrected chi connectivity index (χ1v) is 6.79. The zero-order valence-corrected chi connectivity index (χ0v) is 11.6. The highest BCUT2D eigenvalue weighted by molar-refractivity contribution is 5.74. The summed E-state index contributed by atoms with van der Waals surface area (Å²) in [6, 6.07) is 6.44. The van der Waals surface area contributed by atoms with Crippen LogP contribution in [0, 0.1) is 12.3 Å². The average Bonchev–Trinajstić information content (AvgIpc) is 2.81. The van der Waals surface area contributed by atoms with E-state index in [-0.39, 0.29) is 0 Å². The largest absolute Gasteiger partial charge is 0.383 e. The number of imidazole rings is 1. The summed E-state index contributed by atoms with van der Waals surface area (Å²) in [6.07, 6.45) is 9.33. The van der Waals surface area contributed by atoms with E-state index in [1.807, 2.05) is 0 Å². The number of terminal acetylenes is 1. The molecule has 0 bridgehead atoms. The van der Waals surface area contributed by atoms with Gasteiger partial charge in [-0.15, -0.1) is 6.42 Å². The number of hydrogen-bond donors (Lipinski definition) is 1. The second kappa shape index (κ2) is 4.93. The number of fused-ring (bicyclic) bond motifs is 1. The van der Waals surface area contributed by atoms with Crippen molar-refractivity contribution in [2.75, 3.05) is 24.2 Å². The number of nitrogens with zero attached hydrogens (tertiary/aromatic N) is 3. The van der Waals surface area contributed by atoms with E-state index in [2.05, 4.69) is 41.1 Å². The molecular formula is C16H18N4. The quantitative estimate of drug-likeness (QED) is 0.847. The van der Waals surface area contributed by atoms with Crippen molar-refractivity contribution in [2.24, 2.45) is 0 Å². The van der Waals surface area contributed by atoms with Crippen LogP contribution in [0.3, 0.4) is 0 Å². The van der Waals surface area contributed by atoms with Crippen LogP contribution in [-0.2, 0) is 13.0 Å². The Bertz CT molecular complexity index is 678. The molecule has 102 valence electrons. The summed E-state index contributed by atoms with van der Waals surface area (Å²) in [5.74, 6) is 3.21. The lowest BCUT2D eigenvalue weighted by molar-refractivity contribution is 0.745. The molecule has 0 spiro atoms. The normalized spacial score (nSPS) is 13.9. The van der Waals surface area contributed by atoms with Crippen LogP contribution in [0.5, 0.6) is 0 Å². The van der Waals surface area contributed by atoms with Gasteiger partial charge in [0.25, 0.3) is 0 Å². The van der Waals surface area contributed by atoms with Gasteiger partial charge in [-0.3, -0.25) is 0 Å². The van der Waals surface area contributed by atoms with Crippen LogP contribution in [0.2, 0.25) is 0 Å². The van der Waals surface area contributed by atoms with Crippen molar-refractivity contribution < 1.29 is 0 Å². The number of anilines is 2. The fourth-order valence-corrected chi connectivity index (χ4v) is 2.77. The molecule has 1 aromatic carbocycles. The number of aryl methyl sites for hydroxylation is 1. The molecule has 1 aliphatic heterocycles. The minimum atomic E-state index is 0.451. The second-order valence-electron chi connectivity index (χ2n) is 5.18. The van der Waals surface area contributed by atoms with Crippen LogP contribution in [0.1, 0.15) is 12.0 Å². The van der Waals surface area contributed by atoms with Crippen LogP contribution in [0.15, 0.2) is 24.5 Å². The first-order chi connectivity index (χ1) is 9.70. The molecule has 0 radical (unpaired) electrons. The van der Waals surface area contributed by atoms with Gasteiger partial charge in [0.2, 0.25) is 0 Å².